The average Bonchev–Trinajstić information content (AvgIpc) is 1.86. The van der Waals surface area contributed by atoms with Crippen LogP contribution < -0.4 is 9.61 Å². The van der Waals surface area contributed by atoms with Gasteiger partial charge in [-0.3, -0.25) is 4.84 Å². The Morgan fingerprint density at radius 3 is 2.27 bits per heavy atom. The van der Waals surface area contributed by atoms with E-state index in [1.54, 1.807) is 4.89 Å². The second kappa shape index (κ2) is 4.11. The molecule has 0 spiro atoms. The third-order valence-corrected chi connectivity index (χ3v) is 1.42. The fourth-order valence-electron chi connectivity index (χ4n) is 0.282. The summed E-state index contributed by atoms with van der Waals surface area (Å²) in [5, 5.41) is 0. The smallest absolute Gasteiger partial charge is 0.421 e. The molecule has 0 aromatic rings. The molecule has 11 heavy (non-hydrogen) atoms. The van der Waals surface area contributed by atoms with Gasteiger partial charge >= 0.3 is 16.3 Å². The largest absolute Gasteiger partial charge is 0.452 e. The molecule has 0 aliphatic rings. The van der Waals surface area contributed by atoms with Crippen LogP contribution in [0.4, 0.5) is 4.79 Å². The first-order valence-corrected chi connectivity index (χ1v) is 3.90. The first-order chi connectivity index (χ1) is 5.02. The molecule has 0 aliphatic carbocycles. The van der Waals surface area contributed by atoms with Gasteiger partial charge < -0.3 is 4.74 Å². The molecule has 0 rings (SSSR count). The number of amides is 1. The second-order valence-corrected chi connectivity index (χ2v) is 2.76. The van der Waals surface area contributed by atoms with Gasteiger partial charge in [0.15, 0.2) is 0 Å². The Kier molecular flexibility index (Phi) is 3.79. The monoisotopic (exact) mass is 184 g/mol. The molecule has 0 radical (unpaired) electrons. The van der Waals surface area contributed by atoms with E-state index >= 15 is 0 Å². The van der Waals surface area contributed by atoms with E-state index in [1.807, 2.05) is 0 Å². The molecular formula is C3H8N2O5S. The van der Waals surface area contributed by atoms with E-state index in [9.17, 15) is 13.2 Å². The van der Waals surface area contributed by atoms with E-state index in [0.29, 0.717) is 0 Å². The van der Waals surface area contributed by atoms with Crippen molar-refractivity contribution in [3.63, 3.8) is 0 Å². The van der Waals surface area contributed by atoms with Gasteiger partial charge in [-0.05, 0) is 0 Å². The zero-order valence-corrected chi connectivity index (χ0v) is 6.77. The Labute approximate surface area is 63.8 Å². The molecule has 0 fully saturated rings. The number of ether oxygens (including phenoxy) is 1. The highest BCUT2D eigenvalue weighted by molar-refractivity contribution is 7.87. The first-order valence-electron chi connectivity index (χ1n) is 2.42. The summed E-state index contributed by atoms with van der Waals surface area (Å²) >= 11 is 0. The summed E-state index contributed by atoms with van der Waals surface area (Å²) in [5.41, 5.74) is 0. The molecule has 0 heterocycles. The molecule has 7 nitrogen and oxygen atoms in total. The minimum Gasteiger partial charge on any atom is -0.452 e. The van der Waals surface area contributed by atoms with E-state index < -0.39 is 16.3 Å². The number of carbonyl (C=O) groups excluding carboxylic acids is 1. The van der Waals surface area contributed by atoms with Crippen molar-refractivity contribution in [1.82, 2.24) is 9.61 Å². The second-order valence-electron chi connectivity index (χ2n) is 1.38. The van der Waals surface area contributed by atoms with E-state index in [2.05, 4.69) is 9.57 Å². The number of methoxy groups -OCH3 is 1. The molecule has 0 saturated carbocycles. The summed E-state index contributed by atoms with van der Waals surface area (Å²) in [5.74, 6) is 0. The maximum Gasteiger partial charge on any atom is 0.421 e. The molecule has 0 saturated heterocycles. The summed E-state index contributed by atoms with van der Waals surface area (Å²) in [6, 6.07) is 0. The van der Waals surface area contributed by atoms with E-state index in [4.69, 9.17) is 0 Å². The molecule has 0 unspecified atom stereocenters. The van der Waals surface area contributed by atoms with Crippen molar-refractivity contribution in [1.29, 1.82) is 0 Å². The SMILES string of the molecule is CONS(=O)(=O)NC(=O)OC. The van der Waals surface area contributed by atoms with Gasteiger partial charge in [0.25, 0.3) is 0 Å². The highest BCUT2D eigenvalue weighted by atomic mass is 32.2. The predicted octanol–water partition coefficient (Wildman–Crippen LogP) is -1.26. The van der Waals surface area contributed by atoms with Gasteiger partial charge in [0.2, 0.25) is 0 Å². The Hall–Kier alpha value is -0.860. The lowest BCUT2D eigenvalue weighted by Crippen LogP contribution is -2.39. The Bertz CT molecular complexity index is 222. The van der Waals surface area contributed by atoms with Gasteiger partial charge in [0.1, 0.15) is 0 Å². The standard InChI is InChI=1S/C3H8N2O5S/c1-9-3(6)4-11(7,8)5-10-2/h5H,1-2H3,(H,4,6). The summed E-state index contributed by atoms with van der Waals surface area (Å²) in [7, 11) is -1.81. The number of rotatable bonds is 3. The number of hydrogen-bond donors (Lipinski definition) is 2. The Morgan fingerprint density at radius 2 is 1.91 bits per heavy atom. The van der Waals surface area contributed by atoms with Crippen LogP contribution in [-0.4, -0.2) is 28.7 Å². The number of carbonyl (C=O) groups is 1. The van der Waals surface area contributed by atoms with Crippen LogP contribution in [0.5, 0.6) is 0 Å². The molecule has 0 aromatic carbocycles. The lowest BCUT2D eigenvalue weighted by Gasteiger charge is -2.03. The van der Waals surface area contributed by atoms with Gasteiger partial charge in [0.05, 0.1) is 14.2 Å². The quantitative estimate of drug-likeness (QED) is 0.534. The van der Waals surface area contributed by atoms with E-state index in [-0.39, 0.29) is 0 Å². The summed E-state index contributed by atoms with van der Waals surface area (Å²) in [6.45, 7) is 0. The molecule has 8 heteroatoms. The lowest BCUT2D eigenvalue weighted by atomic mass is 11.2. The zero-order chi connectivity index (χ0) is 8.91. The predicted molar refractivity (Wildman–Crippen MR) is 34.6 cm³/mol. The Balaban J connectivity index is 4.03. The zero-order valence-electron chi connectivity index (χ0n) is 5.95. The molecule has 0 atom stereocenters. The lowest BCUT2D eigenvalue weighted by molar-refractivity contribution is 0.149. The van der Waals surface area contributed by atoms with Gasteiger partial charge in [-0.25, -0.2) is 9.52 Å². The Morgan fingerprint density at radius 1 is 1.36 bits per heavy atom. The summed E-state index contributed by atoms with van der Waals surface area (Å²) in [4.78, 5) is 15.9. The third kappa shape index (κ3) is 4.53. The van der Waals surface area contributed by atoms with Crippen molar-refractivity contribution in [2.24, 2.45) is 0 Å². The highest BCUT2D eigenvalue weighted by Gasteiger charge is 2.12. The van der Waals surface area contributed by atoms with Gasteiger partial charge in [0, 0.05) is 0 Å². The topological polar surface area (TPSA) is 93.7 Å². The third-order valence-electron chi connectivity index (χ3n) is 0.596. The van der Waals surface area contributed by atoms with Gasteiger partial charge in [-0.1, -0.05) is 4.89 Å². The van der Waals surface area contributed by atoms with Crippen molar-refractivity contribution in [2.75, 3.05) is 14.2 Å². The van der Waals surface area contributed by atoms with Crippen LogP contribution in [0, 0.1) is 0 Å². The molecule has 1 amide bonds. The van der Waals surface area contributed by atoms with Crippen LogP contribution in [0.25, 0.3) is 0 Å². The van der Waals surface area contributed by atoms with Crippen molar-refractivity contribution < 1.29 is 22.8 Å². The molecule has 0 aliphatic heterocycles. The molecule has 66 valence electrons. The van der Waals surface area contributed by atoms with Crippen LogP contribution in [0.3, 0.4) is 0 Å². The maximum atomic E-state index is 10.6. The number of hydrogen-bond acceptors (Lipinski definition) is 5. The molecule has 0 bridgehead atoms. The first kappa shape index (κ1) is 10.1. The highest BCUT2D eigenvalue weighted by Crippen LogP contribution is 1.78. The maximum absolute atomic E-state index is 10.6. The minimum atomic E-state index is -3.94. The van der Waals surface area contributed by atoms with Crippen molar-refractivity contribution in [2.45, 2.75) is 0 Å². The van der Waals surface area contributed by atoms with Crippen LogP contribution in [0.2, 0.25) is 0 Å². The fourth-order valence-corrected chi connectivity index (χ4v) is 0.846. The van der Waals surface area contributed by atoms with Crippen LogP contribution in [0.1, 0.15) is 0 Å². The van der Waals surface area contributed by atoms with Crippen LogP contribution >= 0.6 is 0 Å². The molecule has 0 aromatic heterocycles. The molecule has 2 N–H and O–H groups in total. The minimum absolute atomic E-state index is 1.04. The number of nitrogens with one attached hydrogen (secondary N) is 2. The van der Waals surface area contributed by atoms with E-state index in [0.717, 1.165) is 14.2 Å². The van der Waals surface area contributed by atoms with Crippen molar-refractivity contribution >= 4 is 16.3 Å². The van der Waals surface area contributed by atoms with Gasteiger partial charge in [-0.15, -0.1) is 0 Å². The summed E-state index contributed by atoms with van der Waals surface area (Å²) in [6.07, 6.45) is -1.09. The normalized spacial score (nSPS) is 10.7. The van der Waals surface area contributed by atoms with E-state index in [1.165, 1.54) is 4.72 Å². The average molecular weight is 184 g/mol. The van der Waals surface area contributed by atoms with Crippen LogP contribution in [0.15, 0.2) is 0 Å². The summed E-state index contributed by atoms with van der Waals surface area (Å²) < 4.78 is 26.6. The molecular weight excluding hydrogens is 176 g/mol. The van der Waals surface area contributed by atoms with Gasteiger partial charge in [-0.2, -0.15) is 8.42 Å². The van der Waals surface area contributed by atoms with Crippen molar-refractivity contribution in [3.05, 3.63) is 0 Å². The van der Waals surface area contributed by atoms with Crippen LogP contribution in [-0.2, 0) is 19.8 Å². The fraction of sp³-hybridized carbons (Fsp3) is 0.667. The van der Waals surface area contributed by atoms with Crippen molar-refractivity contribution in [3.8, 4) is 0 Å².